The van der Waals surface area contributed by atoms with Crippen LogP contribution in [-0.4, -0.2) is 155 Å². The molecule has 1 spiro atoms. The number of aliphatic hydroxyl groups is 5. The average Bonchev–Trinajstić information content (AvgIpc) is 4.11. The number of allylic oxidation sites excluding steroid dienone is 1. The smallest absolute Gasteiger partial charge is 0.242 e. The van der Waals surface area contributed by atoms with Crippen LogP contribution >= 0.6 is 0 Å². The molecular formula is C53H65N7O15. The number of ketones is 2. The summed E-state index contributed by atoms with van der Waals surface area (Å²) in [6.45, 7) is -0.662. The van der Waals surface area contributed by atoms with Crippen LogP contribution < -0.4 is 46.9 Å². The second kappa shape index (κ2) is 22.4. The minimum absolute atomic E-state index is 0.0192. The van der Waals surface area contributed by atoms with E-state index in [1.165, 1.54) is 12.1 Å². The van der Waals surface area contributed by atoms with E-state index in [1.807, 2.05) is 35.2 Å². The predicted molar refractivity (Wildman–Crippen MR) is 265 cm³/mol. The van der Waals surface area contributed by atoms with Gasteiger partial charge in [-0.15, -0.1) is 0 Å². The number of nitrogens with zero attached hydrogens (tertiary/aromatic N) is 1. The van der Waals surface area contributed by atoms with Crippen LogP contribution in [0.25, 0.3) is 0 Å². The first kappa shape index (κ1) is 52.6. The van der Waals surface area contributed by atoms with Crippen LogP contribution in [-0.2, 0) is 30.4 Å². The molecule has 3 aromatic carbocycles. The number of ether oxygens (including phenoxy) is 5. The Labute approximate surface area is 432 Å². The van der Waals surface area contributed by atoms with Crippen molar-refractivity contribution in [3.8, 4) is 11.5 Å². The van der Waals surface area contributed by atoms with Crippen molar-refractivity contribution >= 4 is 29.4 Å². The maximum Gasteiger partial charge on any atom is 0.242 e. The van der Waals surface area contributed by atoms with Gasteiger partial charge in [0.2, 0.25) is 12.2 Å². The normalized spacial score (nSPS) is 29.3. The number of para-hydroxylation sites is 1. The van der Waals surface area contributed by atoms with Gasteiger partial charge in [0.25, 0.3) is 0 Å². The highest BCUT2D eigenvalue weighted by molar-refractivity contribution is 6.29. The summed E-state index contributed by atoms with van der Waals surface area (Å²) in [6.07, 6.45) is -3.47. The summed E-state index contributed by atoms with van der Waals surface area (Å²) in [5.74, 6) is -3.11. The Kier molecular flexibility index (Phi) is 15.7. The molecule has 0 aromatic heterocycles. The van der Waals surface area contributed by atoms with Gasteiger partial charge in [0, 0.05) is 53.4 Å². The first-order chi connectivity index (χ1) is 36.4. The average molecular weight is 1040 g/mol. The lowest BCUT2D eigenvalue weighted by Crippen LogP contribution is -2.70. The van der Waals surface area contributed by atoms with Gasteiger partial charge >= 0.3 is 0 Å². The molecule has 3 saturated heterocycles. The van der Waals surface area contributed by atoms with E-state index in [0.29, 0.717) is 67.6 Å². The lowest BCUT2D eigenvalue weighted by Gasteiger charge is -2.48. The van der Waals surface area contributed by atoms with Crippen LogP contribution in [0.3, 0.4) is 0 Å². The Morgan fingerprint density at radius 3 is 2.59 bits per heavy atom. The molecular weight excluding hydrogens is 975 g/mol. The number of hydrogen-bond acceptors (Lipinski definition) is 21. The van der Waals surface area contributed by atoms with Crippen LogP contribution in [0.4, 0.5) is 5.69 Å². The molecule has 3 aromatic rings. The zero-order valence-corrected chi connectivity index (χ0v) is 41.2. The number of nitrogens with one attached hydrogen (secondary N) is 5. The number of benzene rings is 3. The third-order valence-corrected chi connectivity index (χ3v) is 15.6. The predicted octanol–water partition coefficient (Wildman–Crippen LogP) is 0.121. The molecule has 2 bridgehead atoms. The van der Waals surface area contributed by atoms with Crippen LogP contribution in [0.15, 0.2) is 72.1 Å². The molecule has 402 valence electrons. The van der Waals surface area contributed by atoms with Crippen LogP contribution in [0, 0.1) is 5.92 Å². The van der Waals surface area contributed by atoms with Gasteiger partial charge in [0.05, 0.1) is 43.8 Å². The van der Waals surface area contributed by atoms with Crippen molar-refractivity contribution in [1.29, 1.82) is 0 Å². The lowest BCUT2D eigenvalue weighted by molar-refractivity contribution is -0.317. The maximum absolute atomic E-state index is 15.2. The topological polar surface area (TPSA) is 325 Å². The van der Waals surface area contributed by atoms with Gasteiger partial charge in [-0.2, -0.15) is 0 Å². The van der Waals surface area contributed by atoms with E-state index >= 15 is 9.59 Å². The van der Waals surface area contributed by atoms with Crippen LogP contribution in [0.2, 0.25) is 0 Å². The first-order valence-electron chi connectivity index (χ1n) is 25.7. The number of fused-ring (bicyclic) bond motifs is 7. The molecule has 10 rings (SSSR count). The number of hydroxylamine groups is 1. The Morgan fingerprint density at radius 2 is 1.81 bits per heavy atom. The first-order valence-corrected chi connectivity index (χ1v) is 25.7. The molecule has 11 atom stereocenters. The summed E-state index contributed by atoms with van der Waals surface area (Å²) in [6, 6.07) is 12.8. The quantitative estimate of drug-likeness (QED) is 0.0524. The fourth-order valence-electron chi connectivity index (χ4n) is 11.9. The summed E-state index contributed by atoms with van der Waals surface area (Å²) >= 11 is 0. The zero-order chi connectivity index (χ0) is 52.5. The van der Waals surface area contributed by atoms with Crippen molar-refractivity contribution in [2.75, 3.05) is 44.5 Å². The molecule has 13 N–H and O–H groups in total. The highest BCUT2D eigenvalue weighted by atomic mass is 16.7. The number of hydrogen-bond donors (Lipinski definition) is 12. The van der Waals surface area contributed by atoms with Gasteiger partial charge in [0.15, 0.2) is 23.1 Å². The van der Waals surface area contributed by atoms with E-state index < -0.39 is 97.5 Å². The lowest BCUT2D eigenvalue weighted by atomic mass is 9.74. The molecule has 11 unspecified atom stereocenters. The van der Waals surface area contributed by atoms with Crippen molar-refractivity contribution in [3.05, 3.63) is 111 Å². The molecule has 22 nitrogen and oxygen atoms in total. The third-order valence-electron chi connectivity index (χ3n) is 15.6. The van der Waals surface area contributed by atoms with Gasteiger partial charge in [0.1, 0.15) is 61.6 Å². The Morgan fingerprint density at radius 1 is 1.00 bits per heavy atom. The van der Waals surface area contributed by atoms with Gasteiger partial charge in [-0.05, 0) is 85.1 Å². The number of aliphatic hydroxyl groups excluding tert-OH is 5. The number of nitrogens with two attached hydrogens (primary N) is 1. The fourth-order valence-corrected chi connectivity index (χ4v) is 11.9. The zero-order valence-electron chi connectivity index (χ0n) is 41.2. The summed E-state index contributed by atoms with van der Waals surface area (Å²) in [4.78, 5) is 57.5. The number of amides is 1. The molecule has 1 saturated carbocycles. The van der Waals surface area contributed by atoms with Crippen molar-refractivity contribution in [2.45, 2.75) is 125 Å². The standard InChI is InChI=1S/C53H65N7O15/c54-52-57-49-40(50(69)58-52)56-26-60(49)36-8-2-1-7-32(36)38-29(6-5-17-61)24-73-53(14-3-4-15-53)48-44(68)43(67)47(71-19-13-27-11-16-55-37(21-27)59-70)51(75-48)74-45-35(38)22-34-39(46(45)72-25-30(64)12-18-62)42(66)33-20-28(23-63)9-10-31(33)41(34)65/h1-2,7-11,18,20-22,29-30,38,40,43-44,47-49,51-52,55-57,59,61,63-64,67-68,70H,3-6,12-17,19,23-26,54H2,(H,58,69). The third kappa shape index (κ3) is 10.1. The molecule has 4 fully saturated rings. The number of carbonyl (C=O) groups is 4. The van der Waals surface area contributed by atoms with E-state index in [-0.39, 0.29) is 91.0 Å². The number of aldehydes is 1. The fraction of sp³-hybridized carbons (Fsp3) is 0.509. The second-order valence-corrected chi connectivity index (χ2v) is 20.2. The number of anilines is 1. The number of rotatable bonds is 16. The number of dihydropyridines is 1. The highest BCUT2D eigenvalue weighted by Gasteiger charge is 2.57. The highest BCUT2D eigenvalue weighted by Crippen LogP contribution is 2.53. The van der Waals surface area contributed by atoms with E-state index in [4.69, 9.17) is 29.4 Å². The van der Waals surface area contributed by atoms with Gasteiger partial charge in [-0.3, -0.25) is 41.4 Å². The van der Waals surface area contributed by atoms with Crippen LogP contribution in [0.1, 0.15) is 106 Å². The SMILES string of the molecule is NC1NC(=O)C2NCN(c3ccccc3C3c4cc5c(c(OCC(O)CC=O)c4OC4OC(C(O)C(O)C4OCCC4=CCNC(NO)=C4)C4(CCCC4)OCC3CCCO)C(=O)c3cc(CO)ccc3C5=O)C2N1. The van der Waals surface area contributed by atoms with Gasteiger partial charge < -0.3 is 69.5 Å². The minimum Gasteiger partial charge on any atom is -0.486 e. The Balaban J connectivity index is 1.22. The Bertz CT molecular complexity index is 2720. The van der Waals surface area contributed by atoms with Gasteiger partial charge in [-0.1, -0.05) is 43.2 Å². The maximum atomic E-state index is 15.2. The summed E-state index contributed by atoms with van der Waals surface area (Å²) in [5, 5.41) is 78.4. The van der Waals surface area contributed by atoms with E-state index in [1.54, 1.807) is 18.2 Å². The van der Waals surface area contributed by atoms with Crippen molar-refractivity contribution in [1.82, 2.24) is 26.7 Å². The monoisotopic (exact) mass is 1040 g/mol. The van der Waals surface area contributed by atoms with Crippen molar-refractivity contribution in [3.63, 3.8) is 0 Å². The molecule has 22 heteroatoms. The molecule has 5 heterocycles. The molecule has 2 aliphatic carbocycles. The molecule has 75 heavy (non-hydrogen) atoms. The van der Waals surface area contributed by atoms with Crippen molar-refractivity contribution in [2.24, 2.45) is 11.7 Å². The molecule has 5 aliphatic heterocycles. The Hall–Kier alpha value is -5.86. The summed E-state index contributed by atoms with van der Waals surface area (Å²) in [7, 11) is 0. The largest absolute Gasteiger partial charge is 0.486 e. The molecule has 7 aliphatic rings. The summed E-state index contributed by atoms with van der Waals surface area (Å²) < 4.78 is 34.4. The summed E-state index contributed by atoms with van der Waals surface area (Å²) in [5.41, 5.74) is 9.65. The van der Waals surface area contributed by atoms with Gasteiger partial charge in [-0.25, -0.2) is 0 Å². The second-order valence-electron chi connectivity index (χ2n) is 20.2. The van der Waals surface area contributed by atoms with E-state index in [2.05, 4.69) is 26.7 Å². The molecule has 0 radical (unpaired) electrons. The minimum atomic E-state index is -1.65. The van der Waals surface area contributed by atoms with E-state index in [9.17, 15) is 40.3 Å². The van der Waals surface area contributed by atoms with E-state index in [0.717, 1.165) is 5.57 Å². The van der Waals surface area contributed by atoms with Crippen molar-refractivity contribution < 1.29 is 73.6 Å². The number of carbonyl (C=O) groups excluding carboxylic acids is 4. The molecule has 1 amide bonds. The van der Waals surface area contributed by atoms with Crippen LogP contribution in [0.5, 0.6) is 11.5 Å².